The van der Waals surface area contributed by atoms with Crippen molar-refractivity contribution in [2.45, 2.75) is 26.3 Å². The van der Waals surface area contributed by atoms with Gasteiger partial charge in [-0.1, -0.05) is 0 Å². The van der Waals surface area contributed by atoms with E-state index in [9.17, 15) is 4.79 Å². The Labute approximate surface area is 100 Å². The number of hydrogen-bond acceptors (Lipinski definition) is 3. The van der Waals surface area contributed by atoms with E-state index in [0.717, 1.165) is 19.5 Å². The van der Waals surface area contributed by atoms with Gasteiger partial charge < -0.3 is 10.6 Å². The van der Waals surface area contributed by atoms with Crippen molar-refractivity contribution in [1.29, 1.82) is 0 Å². The summed E-state index contributed by atoms with van der Waals surface area (Å²) in [4.78, 5) is 11.7. The second-order valence-corrected chi connectivity index (χ2v) is 5.16. The van der Waals surface area contributed by atoms with Crippen LogP contribution in [0.3, 0.4) is 0 Å². The zero-order valence-electron chi connectivity index (χ0n) is 9.58. The van der Waals surface area contributed by atoms with Crippen LogP contribution >= 0.6 is 11.3 Å². The van der Waals surface area contributed by atoms with Crippen molar-refractivity contribution in [2.24, 2.45) is 5.92 Å². The molecule has 0 bridgehead atoms. The Morgan fingerprint density at radius 1 is 1.62 bits per heavy atom. The van der Waals surface area contributed by atoms with Gasteiger partial charge in [0.2, 0.25) is 5.91 Å². The van der Waals surface area contributed by atoms with Gasteiger partial charge in [-0.15, -0.1) is 0 Å². The van der Waals surface area contributed by atoms with Crippen molar-refractivity contribution in [3.05, 3.63) is 21.9 Å². The van der Waals surface area contributed by atoms with Crippen LogP contribution in [0, 0.1) is 12.8 Å². The average molecular weight is 238 g/mol. The molecule has 1 amide bonds. The van der Waals surface area contributed by atoms with Crippen molar-refractivity contribution < 1.29 is 4.79 Å². The molecule has 1 aromatic heterocycles. The highest BCUT2D eigenvalue weighted by molar-refractivity contribution is 7.08. The molecule has 0 radical (unpaired) electrons. The molecule has 1 unspecified atom stereocenters. The maximum Gasteiger partial charge on any atom is 0.220 e. The van der Waals surface area contributed by atoms with Crippen molar-refractivity contribution in [1.82, 2.24) is 10.6 Å². The maximum absolute atomic E-state index is 11.7. The summed E-state index contributed by atoms with van der Waals surface area (Å²) in [5.74, 6) is 0.711. The van der Waals surface area contributed by atoms with Crippen LogP contribution in [0.1, 0.15) is 24.0 Å². The third kappa shape index (κ3) is 3.06. The minimum Gasteiger partial charge on any atom is -0.352 e. The molecule has 1 fully saturated rings. The Kier molecular flexibility index (Phi) is 3.96. The highest BCUT2D eigenvalue weighted by atomic mass is 32.1. The standard InChI is InChI=1S/C12H18N2OS/c1-9-7-16-8-11(9)6-14-12(15)4-10-2-3-13-5-10/h7-8,10,13H,2-6H2,1H3,(H,14,15). The summed E-state index contributed by atoms with van der Waals surface area (Å²) < 4.78 is 0. The average Bonchev–Trinajstić information content (AvgIpc) is 2.87. The summed E-state index contributed by atoms with van der Waals surface area (Å²) in [5.41, 5.74) is 2.51. The minimum absolute atomic E-state index is 0.180. The molecule has 0 aliphatic carbocycles. The Morgan fingerprint density at radius 3 is 3.12 bits per heavy atom. The van der Waals surface area contributed by atoms with Gasteiger partial charge in [-0.2, -0.15) is 11.3 Å². The first-order valence-electron chi connectivity index (χ1n) is 5.75. The van der Waals surface area contributed by atoms with Crippen LogP contribution in [-0.2, 0) is 11.3 Å². The molecule has 1 aliphatic rings. The molecule has 0 saturated carbocycles. The molecule has 88 valence electrons. The number of aryl methyl sites for hydroxylation is 1. The topological polar surface area (TPSA) is 41.1 Å². The second-order valence-electron chi connectivity index (χ2n) is 4.42. The molecule has 3 nitrogen and oxygen atoms in total. The normalized spacial score (nSPS) is 19.9. The van der Waals surface area contributed by atoms with Crippen molar-refractivity contribution >= 4 is 17.2 Å². The molecular weight excluding hydrogens is 220 g/mol. The monoisotopic (exact) mass is 238 g/mol. The lowest BCUT2D eigenvalue weighted by atomic mass is 10.0. The van der Waals surface area contributed by atoms with Crippen LogP contribution in [0.5, 0.6) is 0 Å². The third-order valence-corrected chi connectivity index (χ3v) is 3.98. The Bertz CT molecular complexity index is 356. The number of carbonyl (C=O) groups excluding carboxylic acids is 1. The van der Waals surface area contributed by atoms with E-state index in [4.69, 9.17) is 0 Å². The zero-order valence-corrected chi connectivity index (χ0v) is 10.4. The van der Waals surface area contributed by atoms with E-state index in [1.165, 1.54) is 11.1 Å². The van der Waals surface area contributed by atoms with E-state index in [-0.39, 0.29) is 5.91 Å². The number of thiophene rings is 1. The lowest BCUT2D eigenvalue weighted by molar-refractivity contribution is -0.122. The van der Waals surface area contributed by atoms with E-state index in [0.29, 0.717) is 18.9 Å². The Balaban J connectivity index is 1.73. The number of carbonyl (C=O) groups is 1. The highest BCUT2D eigenvalue weighted by Crippen LogP contribution is 2.14. The summed E-state index contributed by atoms with van der Waals surface area (Å²) in [5, 5.41) is 10.5. The molecule has 4 heteroatoms. The lowest BCUT2D eigenvalue weighted by Crippen LogP contribution is -2.25. The summed E-state index contributed by atoms with van der Waals surface area (Å²) in [6.07, 6.45) is 1.79. The SMILES string of the molecule is Cc1cscc1CNC(=O)CC1CCNC1. The molecule has 1 aliphatic heterocycles. The third-order valence-electron chi connectivity index (χ3n) is 3.07. The van der Waals surface area contributed by atoms with Crippen molar-refractivity contribution in [3.8, 4) is 0 Å². The molecular formula is C12H18N2OS. The molecule has 1 aromatic rings. The first-order valence-corrected chi connectivity index (χ1v) is 6.69. The maximum atomic E-state index is 11.7. The molecule has 1 saturated heterocycles. The predicted octanol–water partition coefficient (Wildman–Crippen LogP) is 1.67. The quantitative estimate of drug-likeness (QED) is 0.838. The van der Waals surface area contributed by atoms with Gasteiger partial charge in [-0.25, -0.2) is 0 Å². The Morgan fingerprint density at radius 2 is 2.50 bits per heavy atom. The van der Waals surface area contributed by atoms with E-state index in [1.807, 2.05) is 0 Å². The fourth-order valence-corrected chi connectivity index (χ4v) is 2.84. The first kappa shape index (κ1) is 11.6. The zero-order chi connectivity index (χ0) is 11.4. The number of nitrogens with one attached hydrogen (secondary N) is 2. The predicted molar refractivity (Wildman–Crippen MR) is 66.5 cm³/mol. The van der Waals surface area contributed by atoms with Crippen LogP contribution < -0.4 is 10.6 Å². The van der Waals surface area contributed by atoms with E-state index >= 15 is 0 Å². The number of hydrogen-bond donors (Lipinski definition) is 2. The minimum atomic E-state index is 0.180. The van der Waals surface area contributed by atoms with Gasteiger partial charge in [0.25, 0.3) is 0 Å². The summed E-state index contributed by atoms with van der Waals surface area (Å²) in [6, 6.07) is 0. The largest absolute Gasteiger partial charge is 0.352 e. The molecule has 2 rings (SSSR count). The van der Waals surface area contributed by atoms with Crippen molar-refractivity contribution in [3.63, 3.8) is 0 Å². The van der Waals surface area contributed by atoms with Crippen LogP contribution in [0.4, 0.5) is 0 Å². The molecule has 0 aromatic carbocycles. The summed E-state index contributed by atoms with van der Waals surface area (Å²) in [7, 11) is 0. The molecule has 0 spiro atoms. The fourth-order valence-electron chi connectivity index (χ4n) is 1.98. The van der Waals surface area contributed by atoms with Crippen LogP contribution in [-0.4, -0.2) is 19.0 Å². The second kappa shape index (κ2) is 5.46. The summed E-state index contributed by atoms with van der Waals surface area (Å²) in [6.45, 7) is 4.81. The van der Waals surface area contributed by atoms with Crippen LogP contribution in [0.2, 0.25) is 0 Å². The fraction of sp³-hybridized carbons (Fsp3) is 0.583. The molecule has 2 heterocycles. The molecule has 1 atom stereocenters. The van der Waals surface area contributed by atoms with Gasteiger partial charge in [-0.05, 0) is 54.2 Å². The van der Waals surface area contributed by atoms with E-state index in [1.54, 1.807) is 11.3 Å². The smallest absolute Gasteiger partial charge is 0.220 e. The number of rotatable bonds is 4. The van der Waals surface area contributed by atoms with Gasteiger partial charge in [0.05, 0.1) is 0 Å². The Hall–Kier alpha value is -0.870. The van der Waals surface area contributed by atoms with E-state index in [2.05, 4.69) is 28.3 Å². The van der Waals surface area contributed by atoms with Gasteiger partial charge in [0, 0.05) is 13.0 Å². The van der Waals surface area contributed by atoms with Gasteiger partial charge in [-0.3, -0.25) is 4.79 Å². The molecule has 2 N–H and O–H groups in total. The lowest BCUT2D eigenvalue weighted by Gasteiger charge is -2.08. The van der Waals surface area contributed by atoms with Gasteiger partial charge >= 0.3 is 0 Å². The van der Waals surface area contributed by atoms with Crippen molar-refractivity contribution in [2.75, 3.05) is 13.1 Å². The molecule has 16 heavy (non-hydrogen) atoms. The van der Waals surface area contributed by atoms with E-state index < -0.39 is 0 Å². The first-order chi connectivity index (χ1) is 7.75. The van der Waals surface area contributed by atoms with Gasteiger partial charge in [0.15, 0.2) is 0 Å². The van der Waals surface area contributed by atoms with Crippen LogP contribution in [0.15, 0.2) is 10.8 Å². The summed E-state index contributed by atoms with van der Waals surface area (Å²) >= 11 is 1.69. The highest BCUT2D eigenvalue weighted by Gasteiger charge is 2.17. The van der Waals surface area contributed by atoms with Gasteiger partial charge in [0.1, 0.15) is 0 Å². The number of amides is 1. The van der Waals surface area contributed by atoms with Crippen LogP contribution in [0.25, 0.3) is 0 Å².